The van der Waals surface area contributed by atoms with E-state index in [1.54, 1.807) is 7.11 Å². The third-order valence-corrected chi connectivity index (χ3v) is 6.71. The van der Waals surface area contributed by atoms with Crippen molar-refractivity contribution in [2.75, 3.05) is 12.4 Å². The van der Waals surface area contributed by atoms with E-state index >= 15 is 0 Å². The summed E-state index contributed by atoms with van der Waals surface area (Å²) in [7, 11) is 1.61. The largest absolute Gasteiger partial charge is 0.497 e. The zero-order valence-electron chi connectivity index (χ0n) is 24.4. The Morgan fingerprint density at radius 2 is 1.36 bits per heavy atom. The van der Waals surface area contributed by atoms with Crippen molar-refractivity contribution in [1.29, 1.82) is 0 Å². The SMILES string of the molecule is COc1ccc(NC(=O)C2=C(C(C)(C)C)O[C@@]3(C(C)(C)C)C=C(C(C)(C)C)O[C@@]2(C(C)(C)C)O3)cc1. The van der Waals surface area contributed by atoms with Crippen LogP contribution in [-0.4, -0.2) is 24.6 Å². The number of rotatable bonds is 3. The summed E-state index contributed by atoms with van der Waals surface area (Å²) in [4.78, 5) is 14.2. The van der Waals surface area contributed by atoms with Crippen LogP contribution >= 0.6 is 0 Å². The summed E-state index contributed by atoms with van der Waals surface area (Å²) in [5, 5.41) is 3.06. The molecule has 0 saturated heterocycles. The molecule has 1 aromatic carbocycles. The summed E-state index contributed by atoms with van der Waals surface area (Å²) in [5.74, 6) is -0.834. The lowest BCUT2D eigenvalue weighted by Crippen LogP contribution is -2.67. The van der Waals surface area contributed by atoms with Crippen LogP contribution in [0.2, 0.25) is 0 Å². The Morgan fingerprint density at radius 3 is 1.78 bits per heavy atom. The van der Waals surface area contributed by atoms with E-state index in [-0.39, 0.29) is 11.3 Å². The fourth-order valence-corrected chi connectivity index (χ4v) is 4.35. The number of anilines is 1. The fourth-order valence-electron chi connectivity index (χ4n) is 4.35. The molecule has 0 radical (unpaired) electrons. The van der Waals surface area contributed by atoms with Crippen LogP contribution in [0, 0.1) is 21.7 Å². The van der Waals surface area contributed by atoms with Gasteiger partial charge in [-0.25, -0.2) is 0 Å². The molecule has 6 nitrogen and oxygen atoms in total. The van der Waals surface area contributed by atoms with Crippen molar-refractivity contribution in [2.45, 2.75) is 94.7 Å². The number of benzene rings is 1. The minimum Gasteiger partial charge on any atom is -0.497 e. The molecular weight excluding hydrogens is 454 g/mol. The van der Waals surface area contributed by atoms with E-state index in [2.05, 4.69) is 46.9 Å². The normalized spacial score (nSPS) is 25.0. The van der Waals surface area contributed by atoms with Gasteiger partial charge in [-0.2, -0.15) is 0 Å². The molecule has 2 heterocycles. The van der Waals surface area contributed by atoms with E-state index in [1.165, 1.54) is 0 Å². The van der Waals surface area contributed by atoms with E-state index in [0.717, 1.165) is 5.76 Å². The maximum Gasteiger partial charge on any atom is 0.261 e. The monoisotopic (exact) mass is 499 g/mol. The van der Waals surface area contributed by atoms with E-state index in [1.807, 2.05) is 71.9 Å². The number of fused-ring (bicyclic) bond motifs is 2. The molecule has 0 unspecified atom stereocenters. The van der Waals surface area contributed by atoms with Crippen molar-refractivity contribution < 1.29 is 23.7 Å². The molecule has 2 bridgehead atoms. The van der Waals surface area contributed by atoms with Crippen molar-refractivity contribution in [1.82, 2.24) is 0 Å². The number of allylic oxidation sites excluding steroid dienone is 2. The highest BCUT2D eigenvalue weighted by Crippen LogP contribution is 2.60. The van der Waals surface area contributed by atoms with Crippen molar-refractivity contribution in [3.63, 3.8) is 0 Å². The van der Waals surface area contributed by atoms with E-state index < -0.39 is 27.8 Å². The van der Waals surface area contributed by atoms with Gasteiger partial charge in [0.1, 0.15) is 22.8 Å². The molecule has 0 aliphatic carbocycles. The zero-order chi connectivity index (χ0) is 27.5. The Kier molecular flexibility index (Phi) is 6.67. The highest BCUT2D eigenvalue weighted by Gasteiger charge is 2.67. The minimum atomic E-state index is -1.39. The minimum absolute atomic E-state index is 0.322. The maximum absolute atomic E-state index is 14.2. The molecule has 0 aromatic heterocycles. The van der Waals surface area contributed by atoms with Gasteiger partial charge in [-0.05, 0) is 24.3 Å². The predicted octanol–water partition coefficient (Wildman–Crippen LogP) is 7.43. The Hall–Kier alpha value is -2.47. The van der Waals surface area contributed by atoms with E-state index in [4.69, 9.17) is 18.9 Å². The average molecular weight is 500 g/mol. The molecule has 36 heavy (non-hydrogen) atoms. The van der Waals surface area contributed by atoms with Gasteiger partial charge >= 0.3 is 0 Å². The molecule has 2 aliphatic heterocycles. The van der Waals surface area contributed by atoms with Gasteiger partial charge < -0.3 is 19.5 Å². The number of carbonyl (C=O) groups excluding carboxylic acids is 1. The number of hydrogen-bond acceptors (Lipinski definition) is 5. The van der Waals surface area contributed by atoms with Gasteiger partial charge in [0.15, 0.2) is 0 Å². The van der Waals surface area contributed by atoms with Crippen LogP contribution in [0.4, 0.5) is 5.69 Å². The highest BCUT2D eigenvalue weighted by atomic mass is 16.8. The molecule has 1 amide bonds. The summed E-state index contributed by atoms with van der Waals surface area (Å²) in [6.07, 6.45) is 1.97. The van der Waals surface area contributed by atoms with Crippen LogP contribution in [0.5, 0.6) is 5.75 Å². The number of methoxy groups -OCH3 is 1. The van der Waals surface area contributed by atoms with Crippen molar-refractivity contribution in [3.05, 3.63) is 47.4 Å². The molecule has 2 atom stereocenters. The Bertz CT molecular complexity index is 1070. The Labute approximate surface area is 217 Å². The number of hydrogen-bond donors (Lipinski definition) is 1. The third kappa shape index (κ3) is 4.77. The summed E-state index contributed by atoms with van der Waals surface area (Å²) < 4.78 is 25.9. The van der Waals surface area contributed by atoms with Gasteiger partial charge in [-0.3, -0.25) is 9.53 Å². The molecule has 6 heteroatoms. The van der Waals surface area contributed by atoms with Crippen LogP contribution in [0.1, 0.15) is 83.1 Å². The van der Waals surface area contributed by atoms with Gasteiger partial charge in [-0.15, -0.1) is 0 Å². The van der Waals surface area contributed by atoms with Gasteiger partial charge in [0, 0.05) is 33.4 Å². The Morgan fingerprint density at radius 1 is 0.806 bits per heavy atom. The number of carbonyl (C=O) groups is 1. The maximum atomic E-state index is 14.2. The van der Waals surface area contributed by atoms with Crippen molar-refractivity contribution in [3.8, 4) is 5.75 Å². The van der Waals surface area contributed by atoms with Crippen molar-refractivity contribution in [2.24, 2.45) is 21.7 Å². The lowest BCUT2D eigenvalue weighted by atomic mass is 9.71. The molecule has 3 rings (SSSR count). The highest BCUT2D eigenvalue weighted by molar-refractivity contribution is 6.05. The average Bonchev–Trinajstić information content (AvgIpc) is 2.70. The number of nitrogens with one attached hydrogen (secondary N) is 1. The van der Waals surface area contributed by atoms with Gasteiger partial charge in [0.05, 0.1) is 7.11 Å². The molecule has 0 spiro atoms. The van der Waals surface area contributed by atoms with Crippen LogP contribution < -0.4 is 10.1 Å². The van der Waals surface area contributed by atoms with Crippen LogP contribution in [-0.2, 0) is 19.0 Å². The second-order valence-corrected chi connectivity index (χ2v) is 14.0. The van der Waals surface area contributed by atoms with Crippen LogP contribution in [0.25, 0.3) is 0 Å². The number of ether oxygens (including phenoxy) is 4. The second kappa shape index (κ2) is 8.54. The van der Waals surface area contributed by atoms with Crippen LogP contribution in [0.15, 0.2) is 47.4 Å². The lowest BCUT2D eigenvalue weighted by Gasteiger charge is -2.60. The first-order valence-corrected chi connectivity index (χ1v) is 12.7. The van der Waals surface area contributed by atoms with Gasteiger partial charge in [-0.1, -0.05) is 83.1 Å². The molecule has 200 valence electrons. The third-order valence-electron chi connectivity index (χ3n) is 6.71. The molecule has 0 fully saturated rings. The van der Waals surface area contributed by atoms with Crippen molar-refractivity contribution >= 4 is 11.6 Å². The standard InChI is InChI=1S/C30H45NO5/c1-25(2,3)21-18-29(27(7,8)9)35-23(26(4,5)6)22(30(34-21,36-29)28(10,11)12)24(32)31-19-14-16-20(33-13)17-15-19/h14-18H,1-13H3,(H,31,32)/t29-,30+/m0/s1. The fraction of sp³-hybridized carbons (Fsp3) is 0.633. The molecule has 2 aliphatic rings. The summed E-state index contributed by atoms with van der Waals surface area (Å²) in [6.45, 7) is 24.8. The van der Waals surface area contributed by atoms with Gasteiger partial charge in [0.2, 0.25) is 5.79 Å². The molecule has 1 N–H and O–H groups in total. The lowest BCUT2D eigenvalue weighted by molar-refractivity contribution is -0.398. The summed E-state index contributed by atoms with van der Waals surface area (Å²) >= 11 is 0. The zero-order valence-corrected chi connectivity index (χ0v) is 24.4. The quantitative estimate of drug-likeness (QED) is 0.468. The predicted molar refractivity (Wildman–Crippen MR) is 143 cm³/mol. The molecule has 0 saturated carbocycles. The number of amides is 1. The van der Waals surface area contributed by atoms with Crippen LogP contribution in [0.3, 0.4) is 0 Å². The van der Waals surface area contributed by atoms with E-state index in [9.17, 15) is 4.79 Å². The molecule has 1 aromatic rings. The summed E-state index contributed by atoms with van der Waals surface area (Å²) in [6, 6.07) is 7.24. The van der Waals surface area contributed by atoms with Gasteiger partial charge in [0.25, 0.3) is 11.7 Å². The van der Waals surface area contributed by atoms with E-state index in [0.29, 0.717) is 22.8 Å². The summed E-state index contributed by atoms with van der Waals surface area (Å²) in [5.41, 5.74) is -0.926. The first-order valence-electron chi connectivity index (χ1n) is 12.7. The first-order chi connectivity index (χ1) is 16.2. The first kappa shape index (κ1) is 28.1. The smallest absolute Gasteiger partial charge is 0.261 e. The Balaban J connectivity index is 2.32. The topological polar surface area (TPSA) is 66.0 Å². The molecular formula is C30H45NO5. The second-order valence-electron chi connectivity index (χ2n) is 14.0.